The first-order valence-corrected chi connectivity index (χ1v) is 6.62. The lowest BCUT2D eigenvalue weighted by Crippen LogP contribution is -2.24. The van der Waals surface area contributed by atoms with E-state index in [1.165, 1.54) is 18.6 Å². The summed E-state index contributed by atoms with van der Waals surface area (Å²) in [6.07, 6.45) is 2.81. The molecule has 0 atom stereocenters. The number of aliphatic hydroxyl groups excluding tert-OH is 1. The van der Waals surface area contributed by atoms with Crippen LogP contribution in [0.4, 0.5) is 0 Å². The number of rotatable bonds is 5. The van der Waals surface area contributed by atoms with Gasteiger partial charge >= 0.3 is 0 Å². The van der Waals surface area contributed by atoms with Gasteiger partial charge in [0.25, 0.3) is 0 Å². The highest BCUT2D eigenvalue weighted by Crippen LogP contribution is 2.10. The third-order valence-corrected chi connectivity index (χ3v) is 3.80. The van der Waals surface area contributed by atoms with Crippen molar-refractivity contribution in [2.24, 2.45) is 7.05 Å². The molecule has 0 fully saturated rings. The Balaban J connectivity index is 2.10. The standard InChI is InChI=1S/C9H13N5O3S/c1-14-6-11-13-9(14)4-12-18(16,17)8-2-7(5-15)10-3-8/h2-3,6,10,12,15H,4-5H2,1H3. The van der Waals surface area contributed by atoms with Crippen LogP contribution in [0.2, 0.25) is 0 Å². The number of sulfonamides is 1. The quantitative estimate of drug-likeness (QED) is 0.653. The average molecular weight is 271 g/mol. The van der Waals surface area contributed by atoms with Gasteiger partial charge in [0, 0.05) is 18.9 Å². The molecule has 18 heavy (non-hydrogen) atoms. The predicted molar refractivity (Wildman–Crippen MR) is 61.7 cm³/mol. The van der Waals surface area contributed by atoms with Gasteiger partial charge in [-0.25, -0.2) is 13.1 Å². The van der Waals surface area contributed by atoms with E-state index in [1.807, 2.05) is 0 Å². The molecular formula is C9H13N5O3S. The van der Waals surface area contributed by atoms with Crippen LogP contribution in [0.1, 0.15) is 11.5 Å². The second-order valence-electron chi connectivity index (χ2n) is 3.70. The summed E-state index contributed by atoms with van der Waals surface area (Å²) in [6.45, 7) is -0.183. The Bertz CT molecular complexity index is 630. The van der Waals surface area contributed by atoms with Crippen LogP contribution in [0.3, 0.4) is 0 Å². The highest BCUT2D eigenvalue weighted by atomic mass is 32.2. The van der Waals surface area contributed by atoms with Gasteiger partial charge in [0.15, 0.2) is 0 Å². The van der Waals surface area contributed by atoms with Gasteiger partial charge in [0.1, 0.15) is 12.2 Å². The van der Waals surface area contributed by atoms with Gasteiger partial charge in [-0.2, -0.15) is 0 Å². The van der Waals surface area contributed by atoms with Crippen molar-refractivity contribution in [2.45, 2.75) is 18.0 Å². The molecule has 0 aliphatic rings. The molecule has 0 unspecified atom stereocenters. The van der Waals surface area contributed by atoms with E-state index >= 15 is 0 Å². The predicted octanol–water partition coefficient (Wildman–Crippen LogP) is -0.886. The first-order valence-electron chi connectivity index (χ1n) is 5.13. The summed E-state index contributed by atoms with van der Waals surface area (Å²) in [4.78, 5) is 2.74. The van der Waals surface area contributed by atoms with Crippen LogP contribution in [-0.2, 0) is 30.2 Å². The molecule has 2 aromatic heterocycles. The van der Waals surface area contributed by atoms with Gasteiger partial charge in [-0.05, 0) is 6.07 Å². The second-order valence-corrected chi connectivity index (χ2v) is 5.47. The van der Waals surface area contributed by atoms with E-state index < -0.39 is 10.0 Å². The maximum Gasteiger partial charge on any atom is 0.242 e. The minimum atomic E-state index is -3.62. The monoisotopic (exact) mass is 271 g/mol. The fraction of sp³-hybridized carbons (Fsp3) is 0.333. The average Bonchev–Trinajstić information content (AvgIpc) is 2.95. The zero-order valence-electron chi connectivity index (χ0n) is 9.66. The third-order valence-electron chi connectivity index (χ3n) is 2.42. The molecule has 9 heteroatoms. The maximum absolute atomic E-state index is 11.9. The van der Waals surface area contributed by atoms with Crippen molar-refractivity contribution in [2.75, 3.05) is 0 Å². The normalized spacial score (nSPS) is 11.9. The van der Waals surface area contributed by atoms with Crippen LogP contribution in [0.15, 0.2) is 23.5 Å². The fourth-order valence-electron chi connectivity index (χ4n) is 1.38. The lowest BCUT2D eigenvalue weighted by atomic mass is 10.5. The minimum Gasteiger partial charge on any atom is -0.390 e. The molecule has 2 rings (SSSR count). The third kappa shape index (κ3) is 2.58. The van der Waals surface area contributed by atoms with Crippen molar-refractivity contribution in [1.29, 1.82) is 0 Å². The molecule has 2 heterocycles. The van der Waals surface area contributed by atoms with Gasteiger partial charge < -0.3 is 14.7 Å². The Hall–Kier alpha value is -1.71. The number of aliphatic hydroxyl groups is 1. The van der Waals surface area contributed by atoms with Crippen LogP contribution in [0.25, 0.3) is 0 Å². The van der Waals surface area contributed by atoms with Crippen LogP contribution in [0, 0.1) is 0 Å². The Kier molecular flexibility index (Phi) is 3.45. The molecule has 0 aliphatic heterocycles. The van der Waals surface area contributed by atoms with Crippen LogP contribution in [-0.4, -0.2) is 33.3 Å². The Morgan fingerprint density at radius 3 is 2.89 bits per heavy atom. The van der Waals surface area contributed by atoms with E-state index in [2.05, 4.69) is 19.9 Å². The van der Waals surface area contributed by atoms with Gasteiger partial charge in [-0.1, -0.05) is 0 Å². The van der Waals surface area contributed by atoms with Crippen LogP contribution in [0.5, 0.6) is 0 Å². The Morgan fingerprint density at radius 2 is 2.33 bits per heavy atom. The summed E-state index contributed by atoms with van der Waals surface area (Å²) in [6, 6.07) is 1.37. The van der Waals surface area contributed by atoms with E-state index in [9.17, 15) is 8.42 Å². The highest BCUT2D eigenvalue weighted by Gasteiger charge is 2.16. The first-order chi connectivity index (χ1) is 8.53. The first kappa shape index (κ1) is 12.7. The minimum absolute atomic E-state index is 0.0540. The van der Waals surface area contributed by atoms with Crippen LogP contribution < -0.4 is 4.72 Å². The van der Waals surface area contributed by atoms with Crippen LogP contribution >= 0.6 is 0 Å². The topological polar surface area (TPSA) is 113 Å². The molecule has 0 spiro atoms. The molecule has 3 N–H and O–H groups in total. The summed E-state index contributed by atoms with van der Waals surface area (Å²) in [7, 11) is -1.89. The second kappa shape index (κ2) is 4.88. The van der Waals surface area contributed by atoms with Crippen molar-refractivity contribution in [3.63, 3.8) is 0 Å². The molecular weight excluding hydrogens is 258 g/mol. The summed E-state index contributed by atoms with van der Waals surface area (Å²) in [5.74, 6) is 0.511. The lowest BCUT2D eigenvalue weighted by molar-refractivity contribution is 0.277. The molecule has 0 radical (unpaired) electrons. The molecule has 0 bridgehead atoms. The molecule has 0 aromatic carbocycles. The van der Waals surface area contributed by atoms with E-state index in [-0.39, 0.29) is 18.0 Å². The maximum atomic E-state index is 11.9. The van der Waals surface area contributed by atoms with Crippen molar-refractivity contribution in [3.05, 3.63) is 30.1 Å². The zero-order chi connectivity index (χ0) is 13.2. The van der Waals surface area contributed by atoms with Crippen molar-refractivity contribution >= 4 is 10.0 Å². The number of aromatic amines is 1. The Morgan fingerprint density at radius 1 is 1.56 bits per heavy atom. The van der Waals surface area contributed by atoms with Crippen molar-refractivity contribution < 1.29 is 13.5 Å². The summed E-state index contributed by atoms with van der Waals surface area (Å²) < 4.78 is 27.8. The van der Waals surface area contributed by atoms with E-state index in [0.29, 0.717) is 11.5 Å². The number of H-pyrrole nitrogens is 1. The van der Waals surface area contributed by atoms with Gasteiger partial charge in [-0.15, -0.1) is 10.2 Å². The fourth-order valence-corrected chi connectivity index (χ4v) is 2.37. The van der Waals surface area contributed by atoms with Crippen molar-refractivity contribution in [1.82, 2.24) is 24.5 Å². The summed E-state index contributed by atoms with van der Waals surface area (Å²) in [5, 5.41) is 16.3. The largest absolute Gasteiger partial charge is 0.390 e. The van der Waals surface area contributed by atoms with E-state index in [1.54, 1.807) is 11.6 Å². The smallest absolute Gasteiger partial charge is 0.242 e. The number of aromatic nitrogens is 4. The number of nitrogens with zero attached hydrogens (tertiary/aromatic N) is 3. The molecule has 8 nitrogen and oxygen atoms in total. The number of nitrogens with one attached hydrogen (secondary N) is 2. The van der Waals surface area contributed by atoms with Crippen molar-refractivity contribution in [3.8, 4) is 0 Å². The van der Waals surface area contributed by atoms with Gasteiger partial charge in [-0.3, -0.25) is 0 Å². The summed E-state index contributed by atoms with van der Waals surface area (Å²) in [5.41, 5.74) is 0.439. The van der Waals surface area contributed by atoms with E-state index in [4.69, 9.17) is 5.11 Å². The molecule has 2 aromatic rings. The SMILES string of the molecule is Cn1cnnc1CNS(=O)(=O)c1c[nH]c(CO)c1. The Labute approximate surface area is 104 Å². The van der Waals surface area contributed by atoms with E-state index in [0.717, 1.165) is 0 Å². The molecule has 98 valence electrons. The van der Waals surface area contributed by atoms with Gasteiger partial charge in [0.05, 0.1) is 18.0 Å². The molecule has 0 saturated carbocycles. The van der Waals surface area contributed by atoms with Gasteiger partial charge in [0.2, 0.25) is 10.0 Å². The number of hydrogen-bond acceptors (Lipinski definition) is 5. The summed E-state index contributed by atoms with van der Waals surface area (Å²) >= 11 is 0. The number of aryl methyl sites for hydroxylation is 1. The lowest BCUT2D eigenvalue weighted by Gasteiger charge is -2.03. The molecule has 0 aliphatic carbocycles. The zero-order valence-corrected chi connectivity index (χ0v) is 10.5. The molecule has 0 amide bonds. The number of hydrogen-bond donors (Lipinski definition) is 3. The molecule has 0 saturated heterocycles. The highest BCUT2D eigenvalue weighted by molar-refractivity contribution is 7.89.